The molecule has 0 bridgehead atoms. The van der Waals surface area contributed by atoms with E-state index in [1.165, 1.54) is 16.8 Å². The van der Waals surface area contributed by atoms with Crippen LogP contribution in [0, 0.1) is 5.82 Å². The van der Waals surface area contributed by atoms with Crippen LogP contribution in [0.15, 0.2) is 24.3 Å². The predicted octanol–water partition coefficient (Wildman–Crippen LogP) is 2.49. The molecule has 18 heavy (non-hydrogen) atoms. The number of aromatic nitrogens is 2. The van der Waals surface area contributed by atoms with Crippen LogP contribution in [-0.4, -0.2) is 20.9 Å². The van der Waals surface area contributed by atoms with Crippen molar-refractivity contribution in [3.05, 3.63) is 41.3 Å². The zero-order valence-electron chi connectivity index (χ0n) is 10.1. The Morgan fingerprint density at radius 2 is 2.00 bits per heavy atom. The Morgan fingerprint density at radius 1 is 1.39 bits per heavy atom. The summed E-state index contributed by atoms with van der Waals surface area (Å²) in [6.07, 6.45) is 0.558. The van der Waals surface area contributed by atoms with Gasteiger partial charge in [-0.05, 0) is 30.7 Å². The lowest BCUT2D eigenvalue weighted by Crippen LogP contribution is -2.01. The maximum atomic E-state index is 12.9. The van der Waals surface area contributed by atoms with E-state index in [-0.39, 0.29) is 11.5 Å². The van der Waals surface area contributed by atoms with Crippen molar-refractivity contribution in [3.8, 4) is 11.3 Å². The molecule has 2 aromatic rings. The zero-order chi connectivity index (χ0) is 13.3. The Labute approximate surface area is 104 Å². The lowest BCUT2D eigenvalue weighted by atomic mass is 10.0. The average Bonchev–Trinajstić information content (AvgIpc) is 2.67. The van der Waals surface area contributed by atoms with Crippen molar-refractivity contribution in [1.82, 2.24) is 9.78 Å². The maximum Gasteiger partial charge on any atom is 0.356 e. The van der Waals surface area contributed by atoms with Crippen LogP contribution < -0.4 is 0 Å². The number of carbonyl (C=O) groups is 1. The third kappa shape index (κ3) is 1.99. The highest BCUT2D eigenvalue weighted by Gasteiger charge is 2.20. The highest BCUT2D eigenvalue weighted by molar-refractivity contribution is 5.89. The number of halogens is 1. The third-order valence-electron chi connectivity index (χ3n) is 2.82. The summed E-state index contributed by atoms with van der Waals surface area (Å²) in [4.78, 5) is 11.1. The molecule has 0 spiro atoms. The maximum absolute atomic E-state index is 12.9. The van der Waals surface area contributed by atoms with E-state index in [0.29, 0.717) is 12.0 Å². The molecule has 2 rings (SSSR count). The van der Waals surface area contributed by atoms with Crippen LogP contribution in [0.5, 0.6) is 0 Å². The molecule has 0 aliphatic carbocycles. The van der Waals surface area contributed by atoms with Gasteiger partial charge in [0.15, 0.2) is 5.69 Å². The van der Waals surface area contributed by atoms with Crippen molar-refractivity contribution in [3.63, 3.8) is 0 Å². The molecule has 1 aromatic carbocycles. The normalized spacial score (nSPS) is 10.6. The minimum absolute atomic E-state index is 0.0549. The summed E-state index contributed by atoms with van der Waals surface area (Å²) in [7, 11) is 1.68. The van der Waals surface area contributed by atoms with E-state index in [0.717, 1.165) is 11.3 Å². The average molecular weight is 248 g/mol. The van der Waals surface area contributed by atoms with E-state index in [1.807, 2.05) is 6.92 Å². The molecule has 0 fully saturated rings. The second kappa shape index (κ2) is 4.60. The number of hydrogen-bond acceptors (Lipinski definition) is 2. The Morgan fingerprint density at radius 3 is 2.50 bits per heavy atom. The van der Waals surface area contributed by atoms with Crippen LogP contribution in [0.3, 0.4) is 0 Å². The van der Waals surface area contributed by atoms with Gasteiger partial charge in [0.1, 0.15) is 5.82 Å². The van der Waals surface area contributed by atoms with Gasteiger partial charge in [-0.2, -0.15) is 5.10 Å². The number of aryl methyl sites for hydroxylation is 1. The van der Waals surface area contributed by atoms with Crippen LogP contribution in [-0.2, 0) is 13.5 Å². The largest absolute Gasteiger partial charge is 0.476 e. The molecule has 4 nitrogen and oxygen atoms in total. The Bertz CT molecular complexity index is 588. The van der Waals surface area contributed by atoms with Crippen molar-refractivity contribution in [2.75, 3.05) is 0 Å². The molecular formula is C13H13FN2O2. The highest BCUT2D eigenvalue weighted by atomic mass is 19.1. The van der Waals surface area contributed by atoms with Gasteiger partial charge in [-0.3, -0.25) is 4.68 Å². The summed E-state index contributed by atoms with van der Waals surface area (Å²) in [5.41, 5.74) is 2.20. The summed E-state index contributed by atoms with van der Waals surface area (Å²) in [6, 6.07) is 5.94. The Balaban J connectivity index is 2.63. The van der Waals surface area contributed by atoms with E-state index < -0.39 is 5.97 Å². The highest BCUT2D eigenvalue weighted by Crippen LogP contribution is 2.26. The molecule has 5 heteroatoms. The second-order valence-corrected chi connectivity index (χ2v) is 3.96. The van der Waals surface area contributed by atoms with Crippen molar-refractivity contribution in [2.24, 2.45) is 7.05 Å². The quantitative estimate of drug-likeness (QED) is 0.907. The first-order valence-corrected chi connectivity index (χ1v) is 5.59. The number of aromatic carboxylic acids is 1. The van der Waals surface area contributed by atoms with Gasteiger partial charge in [-0.15, -0.1) is 0 Å². The van der Waals surface area contributed by atoms with Crippen LogP contribution >= 0.6 is 0 Å². The van der Waals surface area contributed by atoms with Crippen LogP contribution in [0.1, 0.15) is 23.0 Å². The fourth-order valence-corrected chi connectivity index (χ4v) is 2.04. The smallest absolute Gasteiger partial charge is 0.356 e. The summed E-state index contributed by atoms with van der Waals surface area (Å²) in [6.45, 7) is 1.87. The molecule has 94 valence electrons. The Kier molecular flexibility index (Phi) is 3.14. The molecule has 1 N–H and O–H groups in total. The van der Waals surface area contributed by atoms with Gasteiger partial charge in [-0.1, -0.05) is 6.92 Å². The minimum atomic E-state index is -1.05. The molecule has 0 saturated heterocycles. The van der Waals surface area contributed by atoms with Gasteiger partial charge in [0.05, 0.1) is 5.69 Å². The van der Waals surface area contributed by atoms with E-state index >= 15 is 0 Å². The number of carboxylic acid groups (broad SMARTS) is 1. The molecule has 1 heterocycles. The molecule has 0 saturated carbocycles. The zero-order valence-corrected chi connectivity index (χ0v) is 10.1. The lowest BCUT2D eigenvalue weighted by Gasteiger charge is -2.05. The van der Waals surface area contributed by atoms with Crippen LogP contribution in [0.2, 0.25) is 0 Å². The number of hydrogen-bond donors (Lipinski definition) is 1. The number of carboxylic acids is 1. The third-order valence-corrected chi connectivity index (χ3v) is 2.82. The Hall–Kier alpha value is -2.17. The van der Waals surface area contributed by atoms with E-state index in [1.54, 1.807) is 19.2 Å². The van der Waals surface area contributed by atoms with E-state index in [4.69, 9.17) is 5.11 Å². The molecule has 0 unspecified atom stereocenters. The van der Waals surface area contributed by atoms with Gasteiger partial charge in [0, 0.05) is 18.2 Å². The number of rotatable bonds is 3. The number of nitrogens with zero attached hydrogens (tertiary/aromatic N) is 2. The van der Waals surface area contributed by atoms with Crippen LogP contribution in [0.4, 0.5) is 4.39 Å². The first-order chi connectivity index (χ1) is 8.54. The molecule has 0 radical (unpaired) electrons. The van der Waals surface area contributed by atoms with Gasteiger partial charge in [0.2, 0.25) is 0 Å². The SMILES string of the molecule is CCc1c(C(=O)O)nn(C)c1-c1ccc(F)cc1. The van der Waals surface area contributed by atoms with Gasteiger partial charge < -0.3 is 5.11 Å². The molecule has 0 aliphatic heterocycles. The fraction of sp³-hybridized carbons (Fsp3) is 0.231. The van der Waals surface area contributed by atoms with Crippen molar-refractivity contribution >= 4 is 5.97 Å². The van der Waals surface area contributed by atoms with Gasteiger partial charge in [-0.25, -0.2) is 9.18 Å². The monoisotopic (exact) mass is 248 g/mol. The topological polar surface area (TPSA) is 55.1 Å². The molecular weight excluding hydrogens is 235 g/mol. The number of benzene rings is 1. The molecule has 0 amide bonds. The van der Waals surface area contributed by atoms with E-state index in [9.17, 15) is 9.18 Å². The van der Waals surface area contributed by atoms with Crippen LogP contribution in [0.25, 0.3) is 11.3 Å². The fourth-order valence-electron chi connectivity index (χ4n) is 2.04. The molecule has 0 atom stereocenters. The summed E-state index contributed by atoms with van der Waals surface area (Å²) < 4.78 is 14.4. The second-order valence-electron chi connectivity index (χ2n) is 3.96. The summed E-state index contributed by atoms with van der Waals surface area (Å²) in [5.74, 6) is -1.37. The minimum Gasteiger partial charge on any atom is -0.476 e. The molecule has 1 aromatic heterocycles. The van der Waals surface area contributed by atoms with Gasteiger partial charge in [0.25, 0.3) is 0 Å². The standard InChI is InChI=1S/C13H13FN2O2/c1-3-10-11(13(17)18)15-16(2)12(10)8-4-6-9(14)7-5-8/h4-7H,3H2,1-2H3,(H,17,18). The summed E-state index contributed by atoms with van der Waals surface area (Å²) >= 11 is 0. The van der Waals surface area contributed by atoms with Gasteiger partial charge >= 0.3 is 5.97 Å². The lowest BCUT2D eigenvalue weighted by molar-refractivity contribution is 0.0688. The van der Waals surface area contributed by atoms with Crippen molar-refractivity contribution in [1.29, 1.82) is 0 Å². The van der Waals surface area contributed by atoms with Crippen molar-refractivity contribution < 1.29 is 14.3 Å². The predicted molar refractivity (Wildman–Crippen MR) is 64.9 cm³/mol. The molecule has 0 aliphatic rings. The summed E-state index contributed by atoms with van der Waals surface area (Å²) in [5, 5.41) is 13.1. The first kappa shape index (κ1) is 12.3. The first-order valence-electron chi connectivity index (χ1n) is 5.59. The van der Waals surface area contributed by atoms with Crippen molar-refractivity contribution in [2.45, 2.75) is 13.3 Å². The van der Waals surface area contributed by atoms with E-state index in [2.05, 4.69) is 5.10 Å².